The van der Waals surface area contributed by atoms with Gasteiger partial charge in [0.2, 0.25) is 5.88 Å². The van der Waals surface area contributed by atoms with Crippen LogP contribution in [0.2, 0.25) is 5.02 Å². The first-order valence-corrected chi connectivity index (χ1v) is 8.23. The highest BCUT2D eigenvalue weighted by molar-refractivity contribution is 6.30. The monoisotopic (exact) mass is 359 g/mol. The molecule has 0 atom stereocenters. The Morgan fingerprint density at radius 1 is 1.28 bits per heavy atom. The number of halogens is 1. The van der Waals surface area contributed by atoms with Crippen LogP contribution in [-0.2, 0) is 0 Å². The van der Waals surface area contributed by atoms with E-state index in [0.717, 1.165) is 5.56 Å². The van der Waals surface area contributed by atoms with Crippen molar-refractivity contribution in [3.8, 4) is 22.8 Å². The molecular formula is C18H18ClN3O3. The first-order chi connectivity index (χ1) is 12.0. The lowest BCUT2D eigenvalue weighted by atomic mass is 10.1. The molecule has 0 spiro atoms. The molecule has 0 unspecified atom stereocenters. The second-order valence-corrected chi connectivity index (χ2v) is 6.48. The Bertz CT molecular complexity index is 899. The van der Waals surface area contributed by atoms with Gasteiger partial charge < -0.3 is 20.0 Å². The van der Waals surface area contributed by atoms with Gasteiger partial charge in [0.15, 0.2) is 11.5 Å². The summed E-state index contributed by atoms with van der Waals surface area (Å²) in [4.78, 5) is 12.4. The summed E-state index contributed by atoms with van der Waals surface area (Å²) in [6, 6.07) is 10.8. The number of carbonyl (C=O) groups excluding carboxylic acids is 1. The molecule has 25 heavy (non-hydrogen) atoms. The highest BCUT2D eigenvalue weighted by atomic mass is 35.5. The Labute approximate surface area is 149 Å². The standard InChI is InChI=1S/C18H18ClN3O3/c1-10(2)9-21-18(23)15-16(22-25-17(15)20)14-7-6-13(24-14)11-4-3-5-12(19)8-11/h3-8,10H,9,20H2,1-2H3,(H,21,23). The molecule has 0 saturated carbocycles. The van der Waals surface area contributed by atoms with Crippen molar-refractivity contribution in [3.63, 3.8) is 0 Å². The fraction of sp³-hybridized carbons (Fsp3) is 0.222. The molecule has 1 amide bonds. The summed E-state index contributed by atoms with van der Waals surface area (Å²) in [7, 11) is 0. The van der Waals surface area contributed by atoms with E-state index >= 15 is 0 Å². The summed E-state index contributed by atoms with van der Waals surface area (Å²) in [5.74, 6) is 0.921. The van der Waals surface area contributed by atoms with Crippen molar-refractivity contribution in [2.24, 2.45) is 5.92 Å². The van der Waals surface area contributed by atoms with E-state index in [4.69, 9.17) is 26.3 Å². The Balaban J connectivity index is 1.92. The van der Waals surface area contributed by atoms with Crippen molar-refractivity contribution >= 4 is 23.4 Å². The summed E-state index contributed by atoms with van der Waals surface area (Å²) >= 11 is 6.01. The number of carbonyl (C=O) groups is 1. The van der Waals surface area contributed by atoms with Gasteiger partial charge in [-0.05, 0) is 30.2 Å². The molecule has 0 aliphatic carbocycles. The number of nitrogens with zero attached hydrogens (tertiary/aromatic N) is 1. The minimum Gasteiger partial charge on any atom is -0.454 e. The second kappa shape index (κ2) is 7.03. The summed E-state index contributed by atoms with van der Waals surface area (Å²) in [6.07, 6.45) is 0. The number of rotatable bonds is 5. The molecule has 6 nitrogen and oxygen atoms in total. The van der Waals surface area contributed by atoms with Crippen LogP contribution in [-0.4, -0.2) is 17.6 Å². The van der Waals surface area contributed by atoms with Crippen molar-refractivity contribution in [2.75, 3.05) is 12.3 Å². The first-order valence-electron chi connectivity index (χ1n) is 7.85. The van der Waals surface area contributed by atoms with Gasteiger partial charge >= 0.3 is 0 Å². The van der Waals surface area contributed by atoms with Gasteiger partial charge in [0.25, 0.3) is 5.91 Å². The first kappa shape index (κ1) is 17.1. The highest BCUT2D eigenvalue weighted by Crippen LogP contribution is 2.32. The lowest BCUT2D eigenvalue weighted by Gasteiger charge is -2.07. The highest BCUT2D eigenvalue weighted by Gasteiger charge is 2.24. The lowest BCUT2D eigenvalue weighted by molar-refractivity contribution is 0.0950. The van der Waals surface area contributed by atoms with Crippen LogP contribution in [0.3, 0.4) is 0 Å². The van der Waals surface area contributed by atoms with Crippen LogP contribution in [0.4, 0.5) is 5.88 Å². The van der Waals surface area contributed by atoms with E-state index in [1.54, 1.807) is 24.3 Å². The zero-order valence-electron chi connectivity index (χ0n) is 13.9. The van der Waals surface area contributed by atoms with Gasteiger partial charge in [0.1, 0.15) is 11.3 Å². The van der Waals surface area contributed by atoms with Crippen molar-refractivity contribution < 1.29 is 13.7 Å². The second-order valence-electron chi connectivity index (χ2n) is 6.05. The van der Waals surface area contributed by atoms with Gasteiger partial charge in [-0.15, -0.1) is 0 Å². The summed E-state index contributed by atoms with van der Waals surface area (Å²) < 4.78 is 10.8. The van der Waals surface area contributed by atoms with Crippen LogP contribution in [0.15, 0.2) is 45.3 Å². The van der Waals surface area contributed by atoms with E-state index in [0.29, 0.717) is 29.0 Å². The van der Waals surface area contributed by atoms with Crippen molar-refractivity contribution in [2.45, 2.75) is 13.8 Å². The lowest BCUT2D eigenvalue weighted by Crippen LogP contribution is -2.28. The summed E-state index contributed by atoms with van der Waals surface area (Å²) in [5.41, 5.74) is 7.04. The molecule has 7 heteroatoms. The Morgan fingerprint density at radius 2 is 2.04 bits per heavy atom. The number of nitrogen functional groups attached to an aromatic ring is 1. The summed E-state index contributed by atoms with van der Waals surface area (Å²) in [5, 5.41) is 7.29. The molecule has 0 radical (unpaired) electrons. The number of anilines is 1. The third-order valence-electron chi connectivity index (χ3n) is 3.56. The number of benzene rings is 1. The van der Waals surface area contributed by atoms with Crippen LogP contribution in [0.25, 0.3) is 22.8 Å². The third-order valence-corrected chi connectivity index (χ3v) is 3.80. The van der Waals surface area contributed by atoms with Crippen molar-refractivity contribution in [1.29, 1.82) is 0 Å². The van der Waals surface area contributed by atoms with Gasteiger partial charge in [-0.25, -0.2) is 0 Å². The third kappa shape index (κ3) is 3.69. The molecule has 0 bridgehead atoms. The topological polar surface area (TPSA) is 94.3 Å². The fourth-order valence-electron chi connectivity index (χ4n) is 2.34. The maximum absolute atomic E-state index is 12.4. The number of aromatic nitrogens is 1. The van der Waals surface area contributed by atoms with E-state index in [1.807, 2.05) is 26.0 Å². The molecule has 0 fully saturated rings. The van der Waals surface area contributed by atoms with E-state index in [1.165, 1.54) is 0 Å². The molecule has 0 aliphatic rings. The molecule has 3 rings (SSSR count). The molecule has 2 heterocycles. The predicted octanol–water partition coefficient (Wildman–Crippen LogP) is 4.22. The smallest absolute Gasteiger partial charge is 0.259 e. The molecule has 0 saturated heterocycles. The zero-order valence-corrected chi connectivity index (χ0v) is 14.6. The Kier molecular flexibility index (Phi) is 4.81. The Hall–Kier alpha value is -2.73. The van der Waals surface area contributed by atoms with Crippen LogP contribution < -0.4 is 11.1 Å². The maximum Gasteiger partial charge on any atom is 0.259 e. The van der Waals surface area contributed by atoms with E-state index in [9.17, 15) is 4.79 Å². The maximum atomic E-state index is 12.4. The number of nitrogens with two attached hydrogens (primary N) is 1. The minimum atomic E-state index is -0.344. The number of nitrogens with one attached hydrogen (secondary N) is 1. The van der Waals surface area contributed by atoms with E-state index in [2.05, 4.69) is 10.5 Å². The average molecular weight is 360 g/mol. The molecule has 2 aromatic heterocycles. The predicted molar refractivity (Wildman–Crippen MR) is 96.2 cm³/mol. The van der Waals surface area contributed by atoms with Crippen molar-refractivity contribution in [3.05, 3.63) is 47.0 Å². The fourth-order valence-corrected chi connectivity index (χ4v) is 2.53. The van der Waals surface area contributed by atoms with Crippen LogP contribution in [0.5, 0.6) is 0 Å². The zero-order chi connectivity index (χ0) is 18.0. The minimum absolute atomic E-state index is 0.0445. The molecule has 3 N–H and O–H groups in total. The van der Waals surface area contributed by atoms with E-state index in [-0.39, 0.29) is 23.0 Å². The molecule has 0 aliphatic heterocycles. The molecule has 130 valence electrons. The Morgan fingerprint density at radius 3 is 2.76 bits per heavy atom. The largest absolute Gasteiger partial charge is 0.454 e. The van der Waals surface area contributed by atoms with Gasteiger partial charge in [-0.3, -0.25) is 4.79 Å². The van der Waals surface area contributed by atoms with Gasteiger partial charge in [-0.2, -0.15) is 0 Å². The SMILES string of the molecule is CC(C)CNC(=O)c1c(-c2ccc(-c3cccc(Cl)c3)o2)noc1N. The quantitative estimate of drug-likeness (QED) is 0.711. The number of furan rings is 1. The van der Waals surface area contributed by atoms with E-state index < -0.39 is 0 Å². The van der Waals surface area contributed by atoms with Crippen LogP contribution >= 0.6 is 11.6 Å². The van der Waals surface area contributed by atoms with Crippen molar-refractivity contribution in [1.82, 2.24) is 10.5 Å². The molecular weight excluding hydrogens is 342 g/mol. The van der Waals surface area contributed by atoms with Crippen LogP contribution in [0.1, 0.15) is 24.2 Å². The molecule has 1 aromatic carbocycles. The van der Waals surface area contributed by atoms with Gasteiger partial charge in [-0.1, -0.05) is 42.7 Å². The average Bonchev–Trinajstić information content (AvgIpc) is 3.19. The number of amides is 1. The number of hydrogen-bond acceptors (Lipinski definition) is 5. The normalized spacial score (nSPS) is 11.0. The number of hydrogen-bond donors (Lipinski definition) is 2. The van der Waals surface area contributed by atoms with Gasteiger partial charge in [0.05, 0.1) is 0 Å². The van der Waals surface area contributed by atoms with Crippen LogP contribution in [0, 0.1) is 5.92 Å². The van der Waals surface area contributed by atoms with Gasteiger partial charge in [0, 0.05) is 17.1 Å². The molecule has 3 aromatic rings. The summed E-state index contributed by atoms with van der Waals surface area (Å²) in [6.45, 7) is 4.53.